The lowest BCUT2D eigenvalue weighted by Gasteiger charge is -2.12. The van der Waals surface area contributed by atoms with E-state index in [0.717, 1.165) is 5.56 Å². The van der Waals surface area contributed by atoms with Gasteiger partial charge in [-0.3, -0.25) is 4.79 Å². The van der Waals surface area contributed by atoms with Gasteiger partial charge < -0.3 is 16.8 Å². The highest BCUT2D eigenvalue weighted by Gasteiger charge is 2.10. The molecule has 6 heteroatoms. The van der Waals surface area contributed by atoms with Crippen molar-refractivity contribution in [1.82, 2.24) is 9.97 Å². The predicted octanol–water partition coefficient (Wildman–Crippen LogP) is -0.347. The van der Waals surface area contributed by atoms with Crippen LogP contribution in [0.15, 0.2) is 6.20 Å². The quantitative estimate of drug-likeness (QED) is 0.611. The Labute approximate surface area is 81.7 Å². The lowest BCUT2D eigenvalue weighted by Crippen LogP contribution is -2.33. The molecule has 1 rings (SSSR count). The average molecular weight is 195 g/mol. The predicted molar refractivity (Wildman–Crippen MR) is 53.5 cm³/mol. The lowest BCUT2D eigenvalue weighted by molar-refractivity contribution is -0.118. The van der Waals surface area contributed by atoms with Crippen molar-refractivity contribution in [3.05, 3.63) is 11.8 Å². The molecule has 0 aliphatic rings. The van der Waals surface area contributed by atoms with Crippen LogP contribution in [0.25, 0.3) is 0 Å². The molecule has 0 aliphatic heterocycles. The minimum Gasteiger partial charge on any atom is -0.368 e. The highest BCUT2D eigenvalue weighted by molar-refractivity contribution is 5.82. The van der Waals surface area contributed by atoms with E-state index in [9.17, 15) is 4.79 Å². The number of primary amides is 1. The summed E-state index contributed by atoms with van der Waals surface area (Å²) in [4.78, 5) is 18.5. The van der Waals surface area contributed by atoms with Gasteiger partial charge in [0, 0.05) is 11.8 Å². The number of nitrogens with zero attached hydrogens (tertiary/aromatic N) is 2. The fourth-order valence-corrected chi connectivity index (χ4v) is 0.878. The zero-order valence-electron chi connectivity index (χ0n) is 8.11. The van der Waals surface area contributed by atoms with Gasteiger partial charge >= 0.3 is 0 Å². The third-order valence-corrected chi connectivity index (χ3v) is 1.77. The van der Waals surface area contributed by atoms with Crippen molar-refractivity contribution in [2.45, 2.75) is 19.9 Å². The van der Waals surface area contributed by atoms with Gasteiger partial charge in [0.2, 0.25) is 11.9 Å². The Bertz CT molecular complexity index is 352. The Morgan fingerprint density at radius 3 is 2.86 bits per heavy atom. The largest absolute Gasteiger partial charge is 0.368 e. The number of aryl methyl sites for hydroxylation is 1. The highest BCUT2D eigenvalue weighted by Crippen LogP contribution is 2.11. The number of carbonyl (C=O) groups is 1. The first kappa shape index (κ1) is 10.2. The van der Waals surface area contributed by atoms with Gasteiger partial charge in [0.15, 0.2) is 0 Å². The molecular formula is C8H13N5O. The van der Waals surface area contributed by atoms with Crippen LogP contribution in [0.3, 0.4) is 0 Å². The molecule has 0 fully saturated rings. The van der Waals surface area contributed by atoms with Gasteiger partial charge in [-0.15, -0.1) is 0 Å². The summed E-state index contributed by atoms with van der Waals surface area (Å²) in [7, 11) is 0. The minimum atomic E-state index is -0.483. The Morgan fingerprint density at radius 1 is 1.64 bits per heavy atom. The number of nitrogens with two attached hydrogens (primary N) is 2. The van der Waals surface area contributed by atoms with Gasteiger partial charge in [0.25, 0.3) is 0 Å². The standard InChI is InChI=1S/C8H13N5O/c1-4-3-11-8(10)13-7(4)12-5(2)6(9)14/h3,5H,1-2H3,(H2,9,14)(H3,10,11,12,13). The second-order valence-corrected chi connectivity index (χ2v) is 3.03. The minimum absolute atomic E-state index is 0.162. The Hall–Kier alpha value is -1.85. The summed E-state index contributed by atoms with van der Waals surface area (Å²) in [6, 6.07) is -0.483. The maximum absolute atomic E-state index is 10.8. The topological polar surface area (TPSA) is 107 Å². The molecule has 0 aliphatic carbocycles. The molecule has 0 saturated carbocycles. The molecule has 1 atom stereocenters. The summed E-state index contributed by atoms with van der Waals surface area (Å²) in [6.07, 6.45) is 1.58. The molecule has 5 N–H and O–H groups in total. The molecule has 1 unspecified atom stereocenters. The Kier molecular flexibility index (Phi) is 2.85. The van der Waals surface area contributed by atoms with Crippen molar-refractivity contribution < 1.29 is 4.79 Å². The molecule has 1 amide bonds. The smallest absolute Gasteiger partial charge is 0.239 e. The summed E-state index contributed by atoms with van der Waals surface area (Å²) < 4.78 is 0. The van der Waals surface area contributed by atoms with E-state index >= 15 is 0 Å². The maximum Gasteiger partial charge on any atom is 0.239 e. The fourth-order valence-electron chi connectivity index (χ4n) is 0.878. The molecule has 1 heterocycles. The summed E-state index contributed by atoms with van der Waals surface area (Å²) in [6.45, 7) is 3.47. The van der Waals surface area contributed by atoms with E-state index in [-0.39, 0.29) is 5.95 Å². The van der Waals surface area contributed by atoms with Crippen molar-refractivity contribution in [3.63, 3.8) is 0 Å². The number of anilines is 2. The highest BCUT2D eigenvalue weighted by atomic mass is 16.1. The van der Waals surface area contributed by atoms with E-state index in [1.54, 1.807) is 13.1 Å². The zero-order valence-corrected chi connectivity index (χ0v) is 8.11. The van der Waals surface area contributed by atoms with E-state index in [4.69, 9.17) is 11.5 Å². The molecule has 1 aromatic heterocycles. The number of hydrogen-bond acceptors (Lipinski definition) is 5. The molecule has 14 heavy (non-hydrogen) atoms. The number of aromatic nitrogens is 2. The monoisotopic (exact) mass is 195 g/mol. The Balaban J connectivity index is 2.85. The van der Waals surface area contributed by atoms with E-state index in [1.165, 1.54) is 0 Å². The van der Waals surface area contributed by atoms with Crippen LogP contribution in [0.1, 0.15) is 12.5 Å². The van der Waals surface area contributed by atoms with Gasteiger partial charge in [0.05, 0.1) is 0 Å². The van der Waals surface area contributed by atoms with Crippen LogP contribution in [0, 0.1) is 6.92 Å². The zero-order chi connectivity index (χ0) is 10.7. The molecule has 0 bridgehead atoms. The first-order chi connectivity index (χ1) is 6.50. The lowest BCUT2D eigenvalue weighted by atomic mass is 10.3. The van der Waals surface area contributed by atoms with Gasteiger partial charge in [0.1, 0.15) is 11.9 Å². The fraction of sp³-hybridized carbons (Fsp3) is 0.375. The summed E-state index contributed by atoms with van der Waals surface area (Å²) >= 11 is 0. The molecular weight excluding hydrogens is 182 g/mol. The van der Waals surface area contributed by atoms with Gasteiger partial charge in [-0.2, -0.15) is 4.98 Å². The molecule has 76 valence electrons. The first-order valence-electron chi connectivity index (χ1n) is 4.15. The number of amides is 1. The van der Waals surface area contributed by atoms with Crippen LogP contribution in [0.4, 0.5) is 11.8 Å². The number of nitrogen functional groups attached to an aromatic ring is 1. The van der Waals surface area contributed by atoms with E-state index < -0.39 is 11.9 Å². The number of rotatable bonds is 3. The molecule has 0 saturated heterocycles. The third kappa shape index (κ3) is 2.32. The van der Waals surface area contributed by atoms with Crippen LogP contribution >= 0.6 is 0 Å². The van der Waals surface area contributed by atoms with Crippen molar-refractivity contribution in [3.8, 4) is 0 Å². The van der Waals surface area contributed by atoms with E-state index in [1.807, 2.05) is 6.92 Å². The average Bonchev–Trinajstić information content (AvgIpc) is 2.11. The van der Waals surface area contributed by atoms with Crippen molar-refractivity contribution in [2.75, 3.05) is 11.1 Å². The summed E-state index contributed by atoms with van der Waals surface area (Å²) in [5.41, 5.74) is 11.3. The molecule has 0 aromatic carbocycles. The van der Waals surface area contributed by atoms with Crippen LogP contribution < -0.4 is 16.8 Å². The van der Waals surface area contributed by atoms with E-state index in [2.05, 4.69) is 15.3 Å². The van der Waals surface area contributed by atoms with Crippen LogP contribution in [-0.2, 0) is 4.79 Å². The van der Waals surface area contributed by atoms with Crippen LogP contribution in [0.5, 0.6) is 0 Å². The van der Waals surface area contributed by atoms with Gasteiger partial charge in [-0.25, -0.2) is 4.98 Å². The number of carbonyl (C=O) groups excluding carboxylic acids is 1. The van der Waals surface area contributed by atoms with Gasteiger partial charge in [-0.05, 0) is 13.8 Å². The second kappa shape index (κ2) is 3.91. The number of hydrogen-bond donors (Lipinski definition) is 3. The van der Waals surface area contributed by atoms with Gasteiger partial charge in [-0.1, -0.05) is 0 Å². The molecule has 1 aromatic rings. The van der Waals surface area contributed by atoms with E-state index in [0.29, 0.717) is 5.82 Å². The SMILES string of the molecule is Cc1cnc(N)nc1NC(C)C(N)=O. The van der Waals surface area contributed by atoms with Crippen LogP contribution in [-0.4, -0.2) is 21.9 Å². The second-order valence-electron chi connectivity index (χ2n) is 3.03. The first-order valence-corrected chi connectivity index (χ1v) is 4.15. The normalized spacial score (nSPS) is 12.1. The number of nitrogens with one attached hydrogen (secondary N) is 1. The third-order valence-electron chi connectivity index (χ3n) is 1.77. The molecule has 0 radical (unpaired) electrons. The summed E-state index contributed by atoms with van der Waals surface area (Å²) in [5, 5.41) is 2.84. The molecule has 0 spiro atoms. The van der Waals surface area contributed by atoms with Crippen molar-refractivity contribution in [2.24, 2.45) is 5.73 Å². The van der Waals surface area contributed by atoms with Crippen molar-refractivity contribution >= 4 is 17.7 Å². The maximum atomic E-state index is 10.8. The van der Waals surface area contributed by atoms with Crippen molar-refractivity contribution in [1.29, 1.82) is 0 Å². The Morgan fingerprint density at radius 2 is 2.29 bits per heavy atom. The van der Waals surface area contributed by atoms with Crippen LogP contribution in [0.2, 0.25) is 0 Å². The molecule has 6 nitrogen and oxygen atoms in total. The summed E-state index contributed by atoms with van der Waals surface area (Å²) in [5.74, 6) is 0.250.